The monoisotopic (exact) mass is 242 g/mol. The van der Waals surface area contributed by atoms with Crippen LogP contribution in [-0.4, -0.2) is 44.2 Å². The van der Waals surface area contributed by atoms with Crippen LogP contribution in [0.25, 0.3) is 0 Å². The molecule has 0 radical (unpaired) electrons. The minimum atomic E-state index is -0.677. The van der Waals surface area contributed by atoms with Crippen LogP contribution in [0, 0.1) is 0 Å². The fourth-order valence-corrected chi connectivity index (χ4v) is 1.63. The van der Waals surface area contributed by atoms with Crippen molar-refractivity contribution in [3.63, 3.8) is 0 Å². The summed E-state index contributed by atoms with van der Waals surface area (Å²) in [6.07, 6.45) is 1.30. The molecule has 6 heteroatoms. The molecule has 2 amide bonds. The van der Waals surface area contributed by atoms with E-state index < -0.39 is 6.09 Å². The Morgan fingerprint density at radius 1 is 1.12 bits per heavy atom. The first-order chi connectivity index (χ1) is 8.10. The van der Waals surface area contributed by atoms with Crippen LogP contribution in [0.5, 0.6) is 0 Å². The molecule has 0 aromatic carbocycles. The average molecular weight is 242 g/mol. The van der Waals surface area contributed by atoms with Gasteiger partial charge in [0.05, 0.1) is 14.2 Å². The lowest BCUT2D eigenvalue weighted by Gasteiger charge is -2.19. The van der Waals surface area contributed by atoms with Crippen molar-refractivity contribution in [1.82, 2.24) is 10.2 Å². The van der Waals surface area contributed by atoms with E-state index in [1.807, 2.05) is 0 Å². The van der Waals surface area contributed by atoms with Crippen LogP contribution in [0.15, 0.2) is 11.5 Å². The van der Waals surface area contributed by atoms with Gasteiger partial charge in [0.1, 0.15) is 11.5 Å². The number of carbonyl (C=O) groups excluding carboxylic acids is 2. The first-order valence-corrected chi connectivity index (χ1v) is 5.49. The maximum absolute atomic E-state index is 12.1. The third-order valence-corrected chi connectivity index (χ3v) is 2.68. The zero-order chi connectivity index (χ0) is 12.8. The number of hydrogen-bond donors (Lipinski definition) is 1. The summed E-state index contributed by atoms with van der Waals surface area (Å²) in [6.45, 7) is 3.05. The molecule has 0 unspecified atom stereocenters. The Kier molecular flexibility index (Phi) is 4.81. The van der Waals surface area contributed by atoms with Gasteiger partial charge in [0.2, 0.25) is 0 Å². The molecule has 1 aliphatic heterocycles. The van der Waals surface area contributed by atoms with Crippen LogP contribution >= 0.6 is 0 Å². The summed E-state index contributed by atoms with van der Waals surface area (Å²) in [6, 6.07) is 0. The lowest BCUT2D eigenvalue weighted by molar-refractivity contribution is -0.126. The molecule has 6 nitrogen and oxygen atoms in total. The summed E-state index contributed by atoms with van der Waals surface area (Å²) in [5.41, 5.74) is 0.140. The van der Waals surface area contributed by atoms with Gasteiger partial charge in [0.25, 0.3) is 5.91 Å². The molecular weight excluding hydrogens is 224 g/mol. The molecule has 1 fully saturated rings. The van der Waals surface area contributed by atoms with Crippen LogP contribution in [0.2, 0.25) is 0 Å². The van der Waals surface area contributed by atoms with Crippen molar-refractivity contribution in [2.24, 2.45) is 0 Å². The van der Waals surface area contributed by atoms with Gasteiger partial charge in [-0.1, -0.05) is 0 Å². The SMILES string of the molecule is COC(=O)N/C(C(=O)N1CCCC1)=C(\C)OC. The number of amides is 2. The predicted octanol–water partition coefficient (Wildman–Crippen LogP) is 0.843. The molecule has 1 rings (SSSR count). The quantitative estimate of drug-likeness (QED) is 0.588. The summed E-state index contributed by atoms with van der Waals surface area (Å²) in [5.74, 6) is 0.138. The van der Waals surface area contributed by atoms with Gasteiger partial charge in [0.15, 0.2) is 0 Å². The van der Waals surface area contributed by atoms with E-state index in [9.17, 15) is 9.59 Å². The van der Waals surface area contributed by atoms with E-state index in [4.69, 9.17) is 4.74 Å². The zero-order valence-corrected chi connectivity index (χ0v) is 10.4. The lowest BCUT2D eigenvalue weighted by Crippen LogP contribution is -2.37. The number of methoxy groups -OCH3 is 2. The minimum Gasteiger partial charge on any atom is -0.499 e. The third-order valence-electron chi connectivity index (χ3n) is 2.68. The number of hydrogen-bond acceptors (Lipinski definition) is 4. The third kappa shape index (κ3) is 3.37. The second kappa shape index (κ2) is 6.12. The number of rotatable bonds is 3. The van der Waals surface area contributed by atoms with E-state index in [2.05, 4.69) is 10.1 Å². The van der Waals surface area contributed by atoms with Crippen molar-refractivity contribution >= 4 is 12.0 Å². The number of nitrogens with zero attached hydrogens (tertiary/aromatic N) is 1. The summed E-state index contributed by atoms with van der Waals surface area (Å²) >= 11 is 0. The fourth-order valence-electron chi connectivity index (χ4n) is 1.63. The number of nitrogens with one attached hydrogen (secondary N) is 1. The molecule has 0 aromatic heterocycles. The molecule has 96 valence electrons. The first kappa shape index (κ1) is 13.3. The predicted molar refractivity (Wildman–Crippen MR) is 61.1 cm³/mol. The van der Waals surface area contributed by atoms with Gasteiger partial charge in [-0.2, -0.15) is 0 Å². The highest BCUT2D eigenvalue weighted by Crippen LogP contribution is 2.13. The van der Waals surface area contributed by atoms with Gasteiger partial charge in [0, 0.05) is 13.1 Å². The average Bonchev–Trinajstić information content (AvgIpc) is 2.87. The van der Waals surface area contributed by atoms with E-state index in [0.29, 0.717) is 18.8 Å². The van der Waals surface area contributed by atoms with E-state index in [1.165, 1.54) is 14.2 Å². The van der Waals surface area contributed by atoms with Crippen molar-refractivity contribution in [1.29, 1.82) is 0 Å². The van der Waals surface area contributed by atoms with Crippen molar-refractivity contribution in [3.05, 3.63) is 11.5 Å². The largest absolute Gasteiger partial charge is 0.499 e. The lowest BCUT2D eigenvalue weighted by atomic mass is 10.3. The molecule has 0 bridgehead atoms. The van der Waals surface area contributed by atoms with Gasteiger partial charge < -0.3 is 14.4 Å². The first-order valence-electron chi connectivity index (χ1n) is 5.49. The topological polar surface area (TPSA) is 67.9 Å². The number of ether oxygens (including phenoxy) is 2. The van der Waals surface area contributed by atoms with E-state index in [1.54, 1.807) is 11.8 Å². The van der Waals surface area contributed by atoms with Crippen LogP contribution in [0.4, 0.5) is 4.79 Å². The highest BCUT2D eigenvalue weighted by molar-refractivity contribution is 5.96. The smallest absolute Gasteiger partial charge is 0.411 e. The molecule has 1 N–H and O–H groups in total. The molecule has 0 aliphatic carbocycles. The molecule has 0 saturated carbocycles. The van der Waals surface area contributed by atoms with Crippen LogP contribution in [0.3, 0.4) is 0 Å². The van der Waals surface area contributed by atoms with Gasteiger partial charge in [-0.05, 0) is 19.8 Å². The molecule has 0 atom stereocenters. The molecule has 17 heavy (non-hydrogen) atoms. The van der Waals surface area contributed by atoms with Crippen LogP contribution in [0.1, 0.15) is 19.8 Å². The van der Waals surface area contributed by atoms with Crippen molar-refractivity contribution < 1.29 is 19.1 Å². The Bertz CT molecular complexity index is 332. The Morgan fingerprint density at radius 3 is 2.18 bits per heavy atom. The molecule has 0 aromatic rings. The Balaban J connectivity index is 2.82. The maximum Gasteiger partial charge on any atom is 0.411 e. The Hall–Kier alpha value is -1.72. The number of alkyl carbamates (subject to hydrolysis) is 1. The molecule has 1 aliphatic rings. The summed E-state index contributed by atoms with van der Waals surface area (Å²) in [4.78, 5) is 25.0. The number of likely N-dealkylation sites (tertiary alicyclic amines) is 1. The van der Waals surface area contributed by atoms with Gasteiger partial charge >= 0.3 is 6.09 Å². The summed E-state index contributed by atoms with van der Waals surface area (Å²) < 4.78 is 9.48. The molecule has 1 saturated heterocycles. The molecular formula is C11H18N2O4. The maximum atomic E-state index is 12.1. The molecule has 0 spiro atoms. The van der Waals surface area contributed by atoms with E-state index >= 15 is 0 Å². The van der Waals surface area contributed by atoms with Gasteiger partial charge in [-0.15, -0.1) is 0 Å². The minimum absolute atomic E-state index is 0.140. The van der Waals surface area contributed by atoms with E-state index in [-0.39, 0.29) is 11.6 Å². The standard InChI is InChI=1S/C11H18N2O4/c1-8(16-2)9(12-11(15)17-3)10(14)13-6-4-5-7-13/h4-7H2,1-3H3,(H,12,15)/b9-8+. The van der Waals surface area contributed by atoms with Crippen molar-refractivity contribution in [2.45, 2.75) is 19.8 Å². The fraction of sp³-hybridized carbons (Fsp3) is 0.636. The zero-order valence-electron chi connectivity index (χ0n) is 10.4. The van der Waals surface area contributed by atoms with Crippen LogP contribution in [-0.2, 0) is 14.3 Å². The summed E-state index contributed by atoms with van der Waals surface area (Å²) in [7, 11) is 2.70. The van der Waals surface area contributed by atoms with Crippen molar-refractivity contribution in [2.75, 3.05) is 27.3 Å². The highest BCUT2D eigenvalue weighted by Gasteiger charge is 2.25. The highest BCUT2D eigenvalue weighted by atomic mass is 16.5. The van der Waals surface area contributed by atoms with Gasteiger partial charge in [-0.3, -0.25) is 10.1 Å². The van der Waals surface area contributed by atoms with Gasteiger partial charge in [-0.25, -0.2) is 4.79 Å². The molecule has 1 heterocycles. The Morgan fingerprint density at radius 2 is 1.71 bits per heavy atom. The van der Waals surface area contributed by atoms with Crippen LogP contribution < -0.4 is 5.32 Å². The number of carbonyl (C=O) groups is 2. The normalized spacial score (nSPS) is 16.3. The second-order valence-corrected chi connectivity index (χ2v) is 3.75. The second-order valence-electron chi connectivity index (χ2n) is 3.75. The Labute approximate surface area is 101 Å². The summed E-state index contributed by atoms with van der Waals surface area (Å²) in [5, 5.41) is 2.40. The van der Waals surface area contributed by atoms with Crippen molar-refractivity contribution in [3.8, 4) is 0 Å². The number of allylic oxidation sites excluding steroid dienone is 1. The van der Waals surface area contributed by atoms with E-state index in [0.717, 1.165) is 12.8 Å².